The first kappa shape index (κ1) is 19.9. The lowest BCUT2D eigenvalue weighted by molar-refractivity contribution is -0.125. The number of ether oxygens (including phenoxy) is 1. The number of nitrogens with one attached hydrogen (secondary N) is 1. The Morgan fingerprint density at radius 2 is 1.93 bits per heavy atom. The van der Waals surface area contributed by atoms with Crippen LogP contribution in [0.15, 0.2) is 53.3 Å². The van der Waals surface area contributed by atoms with Gasteiger partial charge in [0, 0.05) is 32.6 Å². The van der Waals surface area contributed by atoms with Crippen molar-refractivity contribution in [2.75, 3.05) is 25.1 Å². The van der Waals surface area contributed by atoms with Gasteiger partial charge in [0.1, 0.15) is 5.75 Å². The van der Waals surface area contributed by atoms with E-state index in [9.17, 15) is 9.59 Å². The second-order valence-electron chi connectivity index (χ2n) is 7.62. The van der Waals surface area contributed by atoms with E-state index < -0.39 is 0 Å². The van der Waals surface area contributed by atoms with Crippen molar-refractivity contribution in [1.29, 1.82) is 0 Å². The van der Waals surface area contributed by atoms with Gasteiger partial charge in [-0.2, -0.15) is 0 Å². The number of aromatic nitrogens is 2. The molecule has 7 heteroatoms. The van der Waals surface area contributed by atoms with Crippen LogP contribution in [0.1, 0.15) is 18.4 Å². The minimum Gasteiger partial charge on any atom is -0.497 e. The average molecular weight is 406 g/mol. The number of fused-ring (bicyclic) bond motifs is 1. The SMILES string of the molecule is COc1cccc(CNC(=O)C2CCN(c3nc4ccccc4n(C)c3=O)CC2)c1. The van der Waals surface area contributed by atoms with Gasteiger partial charge < -0.3 is 19.5 Å². The summed E-state index contributed by atoms with van der Waals surface area (Å²) in [5, 5.41) is 3.02. The lowest BCUT2D eigenvalue weighted by atomic mass is 9.96. The predicted octanol–water partition coefficient (Wildman–Crippen LogP) is 2.47. The van der Waals surface area contributed by atoms with Gasteiger partial charge in [0.05, 0.1) is 18.1 Å². The molecular weight excluding hydrogens is 380 g/mol. The van der Waals surface area contributed by atoms with Crippen molar-refractivity contribution >= 4 is 22.8 Å². The number of hydrogen-bond acceptors (Lipinski definition) is 5. The van der Waals surface area contributed by atoms with Crippen LogP contribution in [0.5, 0.6) is 5.75 Å². The average Bonchev–Trinajstić information content (AvgIpc) is 2.80. The maximum atomic E-state index is 12.8. The molecule has 7 nitrogen and oxygen atoms in total. The molecule has 0 spiro atoms. The van der Waals surface area contributed by atoms with Crippen molar-refractivity contribution in [3.63, 3.8) is 0 Å². The monoisotopic (exact) mass is 406 g/mol. The zero-order valence-corrected chi connectivity index (χ0v) is 17.3. The van der Waals surface area contributed by atoms with E-state index in [0.29, 0.717) is 38.3 Å². The number of hydrogen-bond donors (Lipinski definition) is 1. The molecule has 2 aromatic carbocycles. The van der Waals surface area contributed by atoms with E-state index in [4.69, 9.17) is 4.74 Å². The summed E-state index contributed by atoms with van der Waals surface area (Å²) in [4.78, 5) is 32.0. The molecule has 2 heterocycles. The fourth-order valence-electron chi connectivity index (χ4n) is 3.94. The summed E-state index contributed by atoms with van der Waals surface area (Å²) in [5.41, 5.74) is 2.52. The normalized spacial score (nSPS) is 14.7. The molecule has 0 aliphatic carbocycles. The molecule has 1 fully saturated rings. The largest absolute Gasteiger partial charge is 0.497 e. The van der Waals surface area contributed by atoms with E-state index in [2.05, 4.69) is 10.3 Å². The molecule has 1 N–H and O–H groups in total. The van der Waals surface area contributed by atoms with E-state index >= 15 is 0 Å². The highest BCUT2D eigenvalue weighted by molar-refractivity contribution is 5.79. The fraction of sp³-hybridized carbons (Fsp3) is 0.348. The van der Waals surface area contributed by atoms with Gasteiger partial charge in [-0.1, -0.05) is 24.3 Å². The van der Waals surface area contributed by atoms with Crippen LogP contribution < -0.4 is 20.5 Å². The predicted molar refractivity (Wildman–Crippen MR) is 117 cm³/mol. The van der Waals surface area contributed by atoms with Crippen molar-refractivity contribution < 1.29 is 9.53 Å². The van der Waals surface area contributed by atoms with Crippen LogP contribution in [0.3, 0.4) is 0 Å². The maximum Gasteiger partial charge on any atom is 0.293 e. The molecule has 156 valence electrons. The second kappa shape index (κ2) is 8.57. The topological polar surface area (TPSA) is 76.5 Å². The Kier molecular flexibility index (Phi) is 5.70. The number of amides is 1. The van der Waals surface area contributed by atoms with Crippen LogP contribution in [-0.2, 0) is 18.4 Å². The zero-order chi connectivity index (χ0) is 21.1. The van der Waals surface area contributed by atoms with Crippen LogP contribution in [0.25, 0.3) is 11.0 Å². The molecule has 1 amide bonds. The summed E-state index contributed by atoms with van der Waals surface area (Å²) in [6, 6.07) is 15.3. The Morgan fingerprint density at radius 1 is 1.17 bits per heavy atom. The van der Waals surface area contributed by atoms with Gasteiger partial charge >= 0.3 is 0 Å². The molecule has 0 saturated carbocycles. The zero-order valence-electron chi connectivity index (χ0n) is 17.3. The molecule has 0 radical (unpaired) electrons. The molecule has 0 bridgehead atoms. The van der Waals surface area contributed by atoms with Gasteiger partial charge in [-0.25, -0.2) is 4.98 Å². The summed E-state index contributed by atoms with van der Waals surface area (Å²) in [6.07, 6.45) is 1.39. The minimum atomic E-state index is -0.102. The lowest BCUT2D eigenvalue weighted by Gasteiger charge is -2.32. The highest BCUT2D eigenvalue weighted by Gasteiger charge is 2.27. The second-order valence-corrected chi connectivity index (χ2v) is 7.62. The van der Waals surface area contributed by atoms with Crippen LogP contribution in [0.4, 0.5) is 5.82 Å². The lowest BCUT2D eigenvalue weighted by Crippen LogP contribution is -2.43. The third kappa shape index (κ3) is 4.01. The first-order valence-electron chi connectivity index (χ1n) is 10.2. The minimum absolute atomic E-state index is 0.0526. The first-order chi connectivity index (χ1) is 14.6. The summed E-state index contributed by atoms with van der Waals surface area (Å²) < 4.78 is 6.87. The van der Waals surface area contributed by atoms with Gasteiger partial charge in [-0.3, -0.25) is 9.59 Å². The van der Waals surface area contributed by atoms with Crippen molar-refractivity contribution in [1.82, 2.24) is 14.9 Å². The molecule has 1 aliphatic heterocycles. The van der Waals surface area contributed by atoms with Crippen LogP contribution in [0, 0.1) is 5.92 Å². The molecule has 1 saturated heterocycles. The van der Waals surface area contributed by atoms with E-state index in [-0.39, 0.29) is 17.4 Å². The fourth-order valence-corrected chi connectivity index (χ4v) is 3.94. The Hall–Kier alpha value is -3.35. The number of carbonyl (C=O) groups excluding carboxylic acids is 1. The quantitative estimate of drug-likeness (QED) is 0.705. The van der Waals surface area contributed by atoms with Crippen LogP contribution in [0.2, 0.25) is 0 Å². The van der Waals surface area contributed by atoms with Gasteiger partial charge in [-0.15, -0.1) is 0 Å². The summed E-state index contributed by atoms with van der Waals surface area (Å²) in [7, 11) is 3.40. The van der Waals surface area contributed by atoms with Crippen molar-refractivity contribution in [3.8, 4) is 5.75 Å². The number of benzene rings is 2. The molecule has 1 aromatic heterocycles. The number of nitrogens with zero attached hydrogens (tertiary/aromatic N) is 3. The van der Waals surface area contributed by atoms with E-state index in [1.54, 1.807) is 18.7 Å². The number of carbonyl (C=O) groups is 1. The standard InChI is InChI=1S/C23H26N4O3/c1-26-20-9-4-3-8-19(20)25-21(23(26)29)27-12-10-17(11-13-27)22(28)24-15-16-6-5-7-18(14-16)30-2/h3-9,14,17H,10-13,15H2,1-2H3,(H,24,28). The van der Waals surface area contributed by atoms with Crippen molar-refractivity contribution in [3.05, 3.63) is 64.4 Å². The van der Waals surface area contributed by atoms with Crippen LogP contribution in [-0.4, -0.2) is 35.7 Å². The highest BCUT2D eigenvalue weighted by Crippen LogP contribution is 2.22. The number of anilines is 1. The van der Waals surface area contributed by atoms with Crippen molar-refractivity contribution in [2.24, 2.45) is 13.0 Å². The Labute approximate surface area is 175 Å². The third-order valence-electron chi connectivity index (χ3n) is 5.73. The van der Waals surface area contributed by atoms with E-state index in [1.807, 2.05) is 53.4 Å². The molecule has 0 atom stereocenters. The van der Waals surface area contributed by atoms with Gasteiger partial charge in [0.15, 0.2) is 5.82 Å². The molecule has 3 aromatic rings. The van der Waals surface area contributed by atoms with E-state index in [0.717, 1.165) is 22.3 Å². The molecular formula is C23H26N4O3. The molecule has 0 unspecified atom stereocenters. The summed E-state index contributed by atoms with van der Waals surface area (Å²) >= 11 is 0. The van der Waals surface area contributed by atoms with Crippen LogP contribution >= 0.6 is 0 Å². The Bertz CT molecular complexity index is 1120. The number of aryl methyl sites for hydroxylation is 1. The maximum absolute atomic E-state index is 12.8. The summed E-state index contributed by atoms with van der Waals surface area (Å²) in [6.45, 7) is 1.75. The van der Waals surface area contributed by atoms with Gasteiger partial charge in [-0.05, 0) is 42.7 Å². The Balaban J connectivity index is 1.39. The molecule has 4 rings (SSSR count). The number of piperidine rings is 1. The summed E-state index contributed by atoms with van der Waals surface area (Å²) in [5.74, 6) is 1.24. The number of para-hydroxylation sites is 2. The number of methoxy groups -OCH3 is 1. The van der Waals surface area contributed by atoms with E-state index in [1.165, 1.54) is 0 Å². The smallest absolute Gasteiger partial charge is 0.293 e. The molecule has 30 heavy (non-hydrogen) atoms. The van der Waals surface area contributed by atoms with Gasteiger partial charge in [0.25, 0.3) is 5.56 Å². The Morgan fingerprint density at radius 3 is 2.70 bits per heavy atom. The number of rotatable bonds is 5. The van der Waals surface area contributed by atoms with Gasteiger partial charge in [0.2, 0.25) is 5.91 Å². The third-order valence-corrected chi connectivity index (χ3v) is 5.73. The molecule has 1 aliphatic rings. The first-order valence-corrected chi connectivity index (χ1v) is 10.2. The highest BCUT2D eigenvalue weighted by atomic mass is 16.5. The van der Waals surface area contributed by atoms with Crippen molar-refractivity contribution in [2.45, 2.75) is 19.4 Å².